The van der Waals surface area contributed by atoms with E-state index in [-0.39, 0.29) is 5.89 Å². The Morgan fingerprint density at radius 3 is 2.73 bits per heavy atom. The lowest BCUT2D eigenvalue weighted by molar-refractivity contribution is 0.0601. The standard InChI is InChI=1S/C16H12FNO4/c1-20-12-6-10(5-11(17)8-12)15-18-13-4-3-9(16(19)21-2)7-14(13)22-15/h3-8H,1-2H3. The number of esters is 1. The summed E-state index contributed by atoms with van der Waals surface area (Å²) in [5.74, 6) is -0.304. The molecular weight excluding hydrogens is 289 g/mol. The lowest BCUT2D eigenvalue weighted by atomic mass is 10.2. The Kier molecular flexibility index (Phi) is 3.50. The van der Waals surface area contributed by atoms with Crippen LogP contribution in [-0.4, -0.2) is 25.2 Å². The SMILES string of the molecule is COC(=O)c1ccc2nc(-c3cc(F)cc(OC)c3)oc2c1. The summed E-state index contributed by atoms with van der Waals surface area (Å²) in [6.45, 7) is 0. The Balaban J connectivity index is 2.08. The Bertz CT molecular complexity index is 856. The van der Waals surface area contributed by atoms with E-state index < -0.39 is 11.8 Å². The number of methoxy groups -OCH3 is 2. The average Bonchev–Trinajstić information content (AvgIpc) is 2.96. The number of oxazole rings is 1. The van der Waals surface area contributed by atoms with Gasteiger partial charge in [0, 0.05) is 11.6 Å². The molecule has 112 valence electrons. The summed E-state index contributed by atoms with van der Waals surface area (Å²) in [6, 6.07) is 8.96. The van der Waals surface area contributed by atoms with Gasteiger partial charge in [-0.3, -0.25) is 0 Å². The highest BCUT2D eigenvalue weighted by Gasteiger charge is 2.13. The van der Waals surface area contributed by atoms with Gasteiger partial charge in [-0.2, -0.15) is 0 Å². The fourth-order valence-electron chi connectivity index (χ4n) is 2.10. The second-order valence-corrected chi connectivity index (χ2v) is 4.57. The second kappa shape index (κ2) is 5.48. The van der Waals surface area contributed by atoms with Crippen LogP contribution in [-0.2, 0) is 4.74 Å². The van der Waals surface area contributed by atoms with E-state index in [0.29, 0.717) is 28.0 Å². The lowest BCUT2D eigenvalue weighted by Crippen LogP contribution is -2.00. The lowest BCUT2D eigenvalue weighted by Gasteiger charge is -2.01. The van der Waals surface area contributed by atoms with E-state index in [1.165, 1.54) is 32.4 Å². The molecule has 0 unspecified atom stereocenters. The third-order valence-corrected chi connectivity index (χ3v) is 3.16. The van der Waals surface area contributed by atoms with Crippen LogP contribution in [0.25, 0.3) is 22.6 Å². The molecule has 0 saturated heterocycles. The number of carbonyl (C=O) groups is 1. The number of fused-ring (bicyclic) bond motifs is 1. The number of benzene rings is 2. The van der Waals surface area contributed by atoms with Crippen molar-refractivity contribution in [2.24, 2.45) is 0 Å². The predicted molar refractivity (Wildman–Crippen MR) is 77.3 cm³/mol. The van der Waals surface area contributed by atoms with Crippen LogP contribution in [0.3, 0.4) is 0 Å². The van der Waals surface area contributed by atoms with Gasteiger partial charge < -0.3 is 13.9 Å². The molecule has 0 saturated carbocycles. The first-order chi connectivity index (χ1) is 10.6. The molecule has 0 N–H and O–H groups in total. The molecule has 5 nitrogen and oxygen atoms in total. The number of hydrogen-bond donors (Lipinski definition) is 0. The van der Waals surface area contributed by atoms with Crippen LogP contribution in [0.15, 0.2) is 40.8 Å². The number of aromatic nitrogens is 1. The number of nitrogens with zero attached hydrogens (tertiary/aromatic N) is 1. The van der Waals surface area contributed by atoms with Gasteiger partial charge in [0.2, 0.25) is 5.89 Å². The van der Waals surface area contributed by atoms with Crippen LogP contribution >= 0.6 is 0 Å². The largest absolute Gasteiger partial charge is 0.497 e. The molecule has 0 aliphatic carbocycles. The topological polar surface area (TPSA) is 61.6 Å². The Morgan fingerprint density at radius 1 is 1.18 bits per heavy atom. The molecule has 0 atom stereocenters. The van der Waals surface area contributed by atoms with E-state index in [4.69, 9.17) is 9.15 Å². The molecule has 6 heteroatoms. The minimum Gasteiger partial charge on any atom is -0.497 e. The Labute approximate surface area is 125 Å². The average molecular weight is 301 g/mol. The van der Waals surface area contributed by atoms with E-state index in [1.807, 2.05) is 0 Å². The minimum atomic E-state index is -0.465. The van der Waals surface area contributed by atoms with Gasteiger partial charge in [-0.1, -0.05) is 0 Å². The van der Waals surface area contributed by atoms with Crippen molar-refractivity contribution in [3.05, 3.63) is 47.8 Å². The molecule has 0 radical (unpaired) electrons. The highest BCUT2D eigenvalue weighted by molar-refractivity contribution is 5.93. The number of hydrogen-bond acceptors (Lipinski definition) is 5. The third-order valence-electron chi connectivity index (χ3n) is 3.16. The number of carbonyl (C=O) groups excluding carboxylic acids is 1. The maximum Gasteiger partial charge on any atom is 0.337 e. The molecule has 0 aliphatic rings. The smallest absolute Gasteiger partial charge is 0.337 e. The van der Waals surface area contributed by atoms with E-state index >= 15 is 0 Å². The molecule has 2 aromatic carbocycles. The Morgan fingerprint density at radius 2 is 2.00 bits per heavy atom. The van der Waals surface area contributed by atoms with Crippen LogP contribution in [0, 0.1) is 5.82 Å². The first kappa shape index (κ1) is 14.1. The Hall–Kier alpha value is -2.89. The summed E-state index contributed by atoms with van der Waals surface area (Å²) in [5.41, 5.74) is 1.79. The van der Waals surface area contributed by atoms with Gasteiger partial charge in [-0.05, 0) is 30.3 Å². The van der Waals surface area contributed by atoms with Gasteiger partial charge in [-0.25, -0.2) is 14.2 Å². The summed E-state index contributed by atoms with van der Waals surface area (Å²) in [5, 5.41) is 0. The van der Waals surface area contributed by atoms with Crippen molar-refractivity contribution in [3.8, 4) is 17.2 Å². The predicted octanol–water partition coefficient (Wildman–Crippen LogP) is 3.43. The third kappa shape index (κ3) is 2.50. The van der Waals surface area contributed by atoms with Crippen molar-refractivity contribution in [2.75, 3.05) is 14.2 Å². The van der Waals surface area contributed by atoms with E-state index in [1.54, 1.807) is 18.2 Å². The van der Waals surface area contributed by atoms with Gasteiger partial charge in [0.25, 0.3) is 0 Å². The minimum absolute atomic E-state index is 0.245. The number of rotatable bonds is 3. The highest BCUT2D eigenvalue weighted by atomic mass is 19.1. The molecule has 0 bridgehead atoms. The molecule has 0 spiro atoms. The van der Waals surface area contributed by atoms with Crippen molar-refractivity contribution in [1.29, 1.82) is 0 Å². The summed E-state index contributed by atoms with van der Waals surface area (Å²) < 4.78 is 28.8. The zero-order valence-electron chi connectivity index (χ0n) is 11.9. The molecule has 0 amide bonds. The first-order valence-corrected chi connectivity index (χ1v) is 6.44. The van der Waals surface area contributed by atoms with Crippen molar-refractivity contribution >= 4 is 17.1 Å². The highest BCUT2D eigenvalue weighted by Crippen LogP contribution is 2.28. The summed E-state index contributed by atoms with van der Waals surface area (Å²) >= 11 is 0. The molecule has 0 fully saturated rings. The zero-order chi connectivity index (χ0) is 15.7. The fourth-order valence-corrected chi connectivity index (χ4v) is 2.10. The van der Waals surface area contributed by atoms with E-state index in [2.05, 4.69) is 9.72 Å². The van der Waals surface area contributed by atoms with E-state index in [9.17, 15) is 9.18 Å². The maximum atomic E-state index is 13.6. The van der Waals surface area contributed by atoms with Crippen LogP contribution < -0.4 is 4.74 Å². The summed E-state index contributed by atoms with van der Waals surface area (Å²) in [4.78, 5) is 15.8. The molecule has 1 aromatic heterocycles. The van der Waals surface area contributed by atoms with Gasteiger partial charge in [0.1, 0.15) is 17.1 Å². The summed E-state index contributed by atoms with van der Waals surface area (Å²) in [6.07, 6.45) is 0. The fraction of sp³-hybridized carbons (Fsp3) is 0.125. The number of ether oxygens (including phenoxy) is 2. The monoisotopic (exact) mass is 301 g/mol. The van der Waals surface area contributed by atoms with Gasteiger partial charge in [-0.15, -0.1) is 0 Å². The maximum absolute atomic E-state index is 13.6. The molecule has 3 rings (SSSR count). The summed E-state index contributed by atoms with van der Waals surface area (Å²) in [7, 11) is 2.75. The first-order valence-electron chi connectivity index (χ1n) is 6.44. The molecular formula is C16H12FNO4. The van der Waals surface area contributed by atoms with E-state index in [0.717, 1.165) is 0 Å². The van der Waals surface area contributed by atoms with Crippen molar-refractivity contribution in [2.45, 2.75) is 0 Å². The molecule has 1 heterocycles. The molecule has 3 aromatic rings. The van der Waals surface area contributed by atoms with Crippen LogP contribution in [0.4, 0.5) is 4.39 Å². The van der Waals surface area contributed by atoms with Crippen LogP contribution in [0.1, 0.15) is 10.4 Å². The zero-order valence-corrected chi connectivity index (χ0v) is 11.9. The van der Waals surface area contributed by atoms with Crippen molar-refractivity contribution < 1.29 is 23.1 Å². The second-order valence-electron chi connectivity index (χ2n) is 4.57. The number of halogens is 1. The van der Waals surface area contributed by atoms with Crippen LogP contribution in [0.5, 0.6) is 5.75 Å². The van der Waals surface area contributed by atoms with Gasteiger partial charge in [0.05, 0.1) is 19.8 Å². The van der Waals surface area contributed by atoms with Gasteiger partial charge in [0.15, 0.2) is 5.58 Å². The van der Waals surface area contributed by atoms with Crippen LogP contribution in [0.2, 0.25) is 0 Å². The van der Waals surface area contributed by atoms with Crippen molar-refractivity contribution in [3.63, 3.8) is 0 Å². The quantitative estimate of drug-likeness (QED) is 0.694. The van der Waals surface area contributed by atoms with Gasteiger partial charge >= 0.3 is 5.97 Å². The molecule has 0 aliphatic heterocycles. The van der Waals surface area contributed by atoms with Crippen molar-refractivity contribution in [1.82, 2.24) is 4.98 Å². The normalized spacial score (nSPS) is 10.7. The molecule has 22 heavy (non-hydrogen) atoms.